The van der Waals surface area contributed by atoms with Gasteiger partial charge in [-0.3, -0.25) is 4.79 Å². The highest BCUT2D eigenvalue weighted by Gasteiger charge is 2.28. The fourth-order valence-electron chi connectivity index (χ4n) is 2.91. The van der Waals surface area contributed by atoms with Crippen molar-refractivity contribution < 1.29 is 13.2 Å². The van der Waals surface area contributed by atoms with Crippen LogP contribution in [0.4, 0.5) is 5.13 Å². The molecule has 2 heterocycles. The second kappa shape index (κ2) is 9.34. The van der Waals surface area contributed by atoms with E-state index >= 15 is 0 Å². The predicted molar refractivity (Wildman–Crippen MR) is 113 cm³/mol. The van der Waals surface area contributed by atoms with Crippen LogP contribution in [0.25, 0.3) is 0 Å². The summed E-state index contributed by atoms with van der Waals surface area (Å²) in [5.41, 5.74) is 0.464. The maximum atomic E-state index is 12.8. The minimum Gasteiger partial charge on any atom is -0.353 e. The summed E-state index contributed by atoms with van der Waals surface area (Å²) in [6.07, 6.45) is 1.76. The summed E-state index contributed by atoms with van der Waals surface area (Å²) in [5.74, 6) is 1.35. The van der Waals surface area contributed by atoms with Crippen molar-refractivity contribution in [1.29, 1.82) is 0 Å². The van der Waals surface area contributed by atoms with Gasteiger partial charge in [0.05, 0.1) is 11.4 Å². The molecule has 2 aromatic rings. The maximum absolute atomic E-state index is 12.8. The summed E-state index contributed by atoms with van der Waals surface area (Å²) in [7, 11) is -3.50. The van der Waals surface area contributed by atoms with Gasteiger partial charge in [0.1, 0.15) is 0 Å². The van der Waals surface area contributed by atoms with Gasteiger partial charge in [0, 0.05) is 18.7 Å². The number of piperidine rings is 1. The standard InChI is InChI=1S/C18H24N4O3S3/c1-3-26-18-21-20-17(27-18)19-12-16(23)14-4-6-15(7-5-14)28(24,25)22-10-8-13(2)9-11-22/h4-7,13H,3,8-12H2,1-2H3,(H,19,20). The Bertz CT molecular complexity index is 904. The lowest BCUT2D eigenvalue weighted by Crippen LogP contribution is -2.37. The molecule has 28 heavy (non-hydrogen) atoms. The molecule has 0 bridgehead atoms. The summed E-state index contributed by atoms with van der Waals surface area (Å²) in [6, 6.07) is 6.17. The van der Waals surface area contributed by atoms with Gasteiger partial charge in [-0.2, -0.15) is 4.31 Å². The van der Waals surface area contributed by atoms with Crippen molar-refractivity contribution in [1.82, 2.24) is 14.5 Å². The van der Waals surface area contributed by atoms with Crippen molar-refractivity contribution in [2.75, 3.05) is 30.7 Å². The SMILES string of the molecule is CCSc1nnc(NCC(=O)c2ccc(S(=O)(=O)N3CCC(C)CC3)cc2)s1. The van der Waals surface area contributed by atoms with E-state index in [4.69, 9.17) is 0 Å². The van der Waals surface area contributed by atoms with E-state index in [1.54, 1.807) is 23.9 Å². The van der Waals surface area contributed by atoms with E-state index in [9.17, 15) is 13.2 Å². The smallest absolute Gasteiger partial charge is 0.243 e. The number of benzene rings is 1. The zero-order valence-corrected chi connectivity index (χ0v) is 18.4. The van der Waals surface area contributed by atoms with E-state index < -0.39 is 10.0 Å². The Labute approximate surface area is 174 Å². The Morgan fingerprint density at radius 3 is 2.57 bits per heavy atom. The Balaban J connectivity index is 1.60. The number of rotatable bonds is 8. The monoisotopic (exact) mass is 440 g/mol. The van der Waals surface area contributed by atoms with Crippen LogP contribution in [-0.2, 0) is 10.0 Å². The number of aromatic nitrogens is 2. The molecule has 1 aliphatic heterocycles. The number of hydrogen-bond acceptors (Lipinski definition) is 8. The molecule has 1 saturated heterocycles. The number of thioether (sulfide) groups is 1. The molecule has 1 fully saturated rings. The number of hydrogen-bond donors (Lipinski definition) is 1. The first-order chi connectivity index (χ1) is 13.4. The number of carbonyl (C=O) groups excluding carboxylic acids is 1. The van der Waals surface area contributed by atoms with E-state index in [0.29, 0.717) is 29.7 Å². The van der Waals surface area contributed by atoms with Gasteiger partial charge in [-0.1, -0.05) is 36.9 Å². The summed E-state index contributed by atoms with van der Waals surface area (Å²) in [5, 5.41) is 11.6. The Morgan fingerprint density at radius 2 is 1.93 bits per heavy atom. The second-order valence-electron chi connectivity index (χ2n) is 6.69. The molecular formula is C18H24N4O3S3. The largest absolute Gasteiger partial charge is 0.353 e. The summed E-state index contributed by atoms with van der Waals surface area (Å²) in [4.78, 5) is 12.6. The van der Waals surface area contributed by atoms with Gasteiger partial charge < -0.3 is 5.32 Å². The van der Waals surface area contributed by atoms with Gasteiger partial charge in [-0.05, 0) is 48.8 Å². The molecule has 7 nitrogen and oxygen atoms in total. The molecule has 0 spiro atoms. The molecule has 0 saturated carbocycles. The molecule has 0 amide bonds. The fraction of sp³-hybridized carbons (Fsp3) is 0.500. The second-order valence-corrected chi connectivity index (χ2v) is 11.1. The van der Waals surface area contributed by atoms with Crippen LogP contribution in [0.1, 0.15) is 37.0 Å². The Morgan fingerprint density at radius 1 is 1.25 bits per heavy atom. The Hall–Kier alpha value is -1.49. The van der Waals surface area contributed by atoms with Crippen LogP contribution in [0, 0.1) is 5.92 Å². The normalized spacial score (nSPS) is 16.2. The summed E-state index contributed by atoms with van der Waals surface area (Å²) in [6.45, 7) is 5.37. The van der Waals surface area contributed by atoms with Crippen LogP contribution < -0.4 is 5.32 Å². The quantitative estimate of drug-likeness (QED) is 0.497. The zero-order chi connectivity index (χ0) is 20.1. The lowest BCUT2D eigenvalue weighted by atomic mass is 10.0. The van der Waals surface area contributed by atoms with E-state index in [0.717, 1.165) is 22.9 Å². The molecule has 3 rings (SSSR count). The Kier molecular flexibility index (Phi) is 7.08. The van der Waals surface area contributed by atoms with Crippen molar-refractivity contribution in [3.05, 3.63) is 29.8 Å². The van der Waals surface area contributed by atoms with Crippen molar-refractivity contribution in [3.63, 3.8) is 0 Å². The molecule has 1 aliphatic rings. The highest BCUT2D eigenvalue weighted by molar-refractivity contribution is 8.01. The number of nitrogens with zero attached hydrogens (tertiary/aromatic N) is 3. The van der Waals surface area contributed by atoms with E-state index in [-0.39, 0.29) is 17.2 Å². The topological polar surface area (TPSA) is 92.3 Å². The average molecular weight is 441 g/mol. The molecule has 0 radical (unpaired) electrons. The number of carbonyl (C=O) groups is 1. The molecule has 152 valence electrons. The van der Waals surface area contributed by atoms with Crippen LogP contribution in [0.2, 0.25) is 0 Å². The third-order valence-electron chi connectivity index (χ3n) is 4.63. The number of anilines is 1. The lowest BCUT2D eigenvalue weighted by molar-refractivity contribution is 0.101. The maximum Gasteiger partial charge on any atom is 0.243 e. The zero-order valence-electron chi connectivity index (χ0n) is 15.9. The van der Waals surface area contributed by atoms with Crippen LogP contribution in [0.5, 0.6) is 0 Å². The first-order valence-corrected chi connectivity index (χ1v) is 12.5. The van der Waals surface area contributed by atoms with Crippen molar-refractivity contribution in [2.24, 2.45) is 5.92 Å². The summed E-state index contributed by atoms with van der Waals surface area (Å²) < 4.78 is 27.9. The highest BCUT2D eigenvalue weighted by Crippen LogP contribution is 2.25. The fourth-order valence-corrected chi connectivity index (χ4v) is 6.02. The first kappa shape index (κ1) is 21.2. The number of ketones is 1. The predicted octanol–water partition coefficient (Wildman–Crippen LogP) is 3.37. The molecule has 1 N–H and O–H groups in total. The highest BCUT2D eigenvalue weighted by atomic mass is 32.2. The van der Waals surface area contributed by atoms with Gasteiger partial charge in [0.25, 0.3) is 0 Å². The number of nitrogens with one attached hydrogen (secondary N) is 1. The van der Waals surface area contributed by atoms with Crippen LogP contribution in [0.15, 0.2) is 33.5 Å². The van der Waals surface area contributed by atoms with E-state index in [2.05, 4.69) is 22.4 Å². The van der Waals surface area contributed by atoms with Crippen molar-refractivity contribution in [3.8, 4) is 0 Å². The molecule has 1 aromatic heterocycles. The van der Waals surface area contributed by atoms with E-state index in [1.807, 2.05) is 6.92 Å². The lowest BCUT2D eigenvalue weighted by Gasteiger charge is -2.29. The van der Waals surface area contributed by atoms with Gasteiger partial charge in [0.15, 0.2) is 10.1 Å². The molecule has 0 unspecified atom stereocenters. The van der Waals surface area contributed by atoms with Gasteiger partial charge >= 0.3 is 0 Å². The molecule has 1 aromatic carbocycles. The van der Waals surface area contributed by atoms with Gasteiger partial charge in [0.2, 0.25) is 15.2 Å². The minimum atomic E-state index is -3.50. The van der Waals surface area contributed by atoms with Crippen LogP contribution in [-0.4, -0.2) is 54.1 Å². The average Bonchev–Trinajstić information content (AvgIpc) is 3.14. The summed E-state index contributed by atoms with van der Waals surface area (Å²) >= 11 is 3.01. The van der Waals surface area contributed by atoms with Gasteiger partial charge in [-0.25, -0.2) is 8.42 Å². The van der Waals surface area contributed by atoms with E-state index in [1.165, 1.54) is 27.8 Å². The van der Waals surface area contributed by atoms with Crippen molar-refractivity contribution >= 4 is 44.0 Å². The number of Topliss-reactive ketones (excluding diaryl/α,β-unsaturated/α-hetero) is 1. The number of sulfonamides is 1. The van der Waals surface area contributed by atoms with Crippen molar-refractivity contribution in [2.45, 2.75) is 35.9 Å². The first-order valence-electron chi connectivity index (χ1n) is 9.23. The molecule has 0 aliphatic carbocycles. The molecule has 10 heteroatoms. The van der Waals surface area contributed by atoms with Crippen LogP contribution in [0.3, 0.4) is 0 Å². The molecular weight excluding hydrogens is 416 g/mol. The van der Waals surface area contributed by atoms with Gasteiger partial charge in [-0.15, -0.1) is 10.2 Å². The van der Waals surface area contributed by atoms with Crippen LogP contribution >= 0.6 is 23.1 Å². The third kappa shape index (κ3) is 5.11. The third-order valence-corrected chi connectivity index (χ3v) is 8.44. The minimum absolute atomic E-state index is 0.0849. The molecule has 0 atom stereocenters.